The van der Waals surface area contributed by atoms with Gasteiger partial charge in [-0.05, 0) is 38.3 Å². The molecule has 1 heterocycles. The van der Waals surface area contributed by atoms with Gasteiger partial charge >= 0.3 is 0 Å². The Labute approximate surface area is 121 Å². The number of methoxy groups -OCH3 is 1. The van der Waals surface area contributed by atoms with E-state index in [0.717, 1.165) is 31.8 Å². The molecule has 0 radical (unpaired) electrons. The van der Waals surface area contributed by atoms with Gasteiger partial charge in [0.2, 0.25) is 0 Å². The van der Waals surface area contributed by atoms with Crippen LogP contribution in [0.5, 0.6) is 0 Å². The molecule has 1 aliphatic rings. The molecule has 0 aliphatic carbocycles. The maximum Gasteiger partial charge on any atom is 0.132 e. The van der Waals surface area contributed by atoms with E-state index < -0.39 is 0 Å². The first kappa shape index (κ1) is 16.9. The molecule has 20 heavy (non-hydrogen) atoms. The first-order valence-corrected chi connectivity index (χ1v) is 7.36. The molecule has 0 atom stereocenters. The largest absolute Gasteiger partial charge is 0.507 e. The Hall–Kier alpha value is -1.20. The third kappa shape index (κ3) is 6.82. The number of aliphatic imine (C=N–C) groups is 1. The Morgan fingerprint density at radius 1 is 1.40 bits per heavy atom. The van der Waals surface area contributed by atoms with Gasteiger partial charge in [-0.25, -0.2) is 4.99 Å². The fraction of sp³-hybridized carbons (Fsp3) is 0.733. The number of unbranched alkanes of at least 4 members (excludes halogenated alkanes) is 1. The molecule has 1 fully saturated rings. The number of hydrogen-bond acceptors (Lipinski definition) is 4. The van der Waals surface area contributed by atoms with Gasteiger partial charge in [-0.15, -0.1) is 0 Å². The van der Waals surface area contributed by atoms with Crippen molar-refractivity contribution < 1.29 is 9.84 Å². The molecule has 0 bridgehead atoms. The van der Waals surface area contributed by atoms with Crippen LogP contribution in [0.4, 0.5) is 0 Å². The lowest BCUT2D eigenvalue weighted by Crippen LogP contribution is -2.27. The Kier molecular flexibility index (Phi) is 8.14. The van der Waals surface area contributed by atoms with Crippen molar-refractivity contribution in [2.75, 3.05) is 26.8 Å². The summed E-state index contributed by atoms with van der Waals surface area (Å²) in [6, 6.07) is 0. The maximum atomic E-state index is 9.33. The number of nitrogens with zero attached hydrogens (tertiary/aromatic N) is 1. The molecule has 1 saturated heterocycles. The zero-order valence-electron chi connectivity index (χ0n) is 12.5. The second-order valence-electron chi connectivity index (χ2n) is 5.32. The summed E-state index contributed by atoms with van der Waals surface area (Å²) < 4.78 is 4.92. The van der Waals surface area contributed by atoms with E-state index in [1.54, 1.807) is 0 Å². The zero-order valence-corrected chi connectivity index (χ0v) is 12.5. The molecule has 0 amide bonds. The van der Waals surface area contributed by atoms with Crippen molar-refractivity contribution in [3.8, 4) is 0 Å². The predicted molar refractivity (Wildman–Crippen MR) is 82.9 cm³/mol. The SMILES string of the molecule is C=C(O)/C(COC)=N\C(=N)CCCCC1CCNCC1. The quantitative estimate of drug-likeness (QED) is 0.277. The summed E-state index contributed by atoms with van der Waals surface area (Å²) in [4.78, 5) is 4.07. The minimum absolute atomic E-state index is 0.119. The van der Waals surface area contributed by atoms with Crippen LogP contribution in [0, 0.1) is 11.3 Å². The van der Waals surface area contributed by atoms with Crippen LogP contribution in [0.2, 0.25) is 0 Å². The van der Waals surface area contributed by atoms with Gasteiger partial charge in [0.15, 0.2) is 0 Å². The van der Waals surface area contributed by atoms with Crippen molar-refractivity contribution in [3.63, 3.8) is 0 Å². The first-order chi connectivity index (χ1) is 9.63. The van der Waals surface area contributed by atoms with E-state index >= 15 is 0 Å². The molecular formula is C15H27N3O2. The molecule has 1 rings (SSSR count). The normalized spacial score (nSPS) is 17.1. The van der Waals surface area contributed by atoms with Gasteiger partial charge in [0.1, 0.15) is 17.3 Å². The molecule has 0 aromatic rings. The van der Waals surface area contributed by atoms with Crippen molar-refractivity contribution in [1.29, 1.82) is 5.41 Å². The van der Waals surface area contributed by atoms with Crippen LogP contribution in [0.1, 0.15) is 38.5 Å². The summed E-state index contributed by atoms with van der Waals surface area (Å²) in [6.07, 6.45) is 6.56. The number of rotatable bonds is 8. The van der Waals surface area contributed by atoms with Gasteiger partial charge in [0, 0.05) is 13.5 Å². The first-order valence-electron chi connectivity index (χ1n) is 7.36. The summed E-state index contributed by atoms with van der Waals surface area (Å²) >= 11 is 0. The maximum absolute atomic E-state index is 9.33. The molecule has 0 aromatic heterocycles. The number of piperidine rings is 1. The van der Waals surface area contributed by atoms with Crippen LogP contribution in [-0.2, 0) is 4.74 Å². The molecule has 0 unspecified atom stereocenters. The number of ether oxygens (including phenoxy) is 1. The van der Waals surface area contributed by atoms with Crippen LogP contribution in [-0.4, -0.2) is 43.5 Å². The van der Waals surface area contributed by atoms with Gasteiger partial charge in [-0.2, -0.15) is 0 Å². The van der Waals surface area contributed by atoms with Gasteiger partial charge in [0.25, 0.3) is 0 Å². The van der Waals surface area contributed by atoms with Gasteiger partial charge in [-0.3, -0.25) is 5.41 Å². The summed E-state index contributed by atoms with van der Waals surface area (Å²) in [5, 5.41) is 20.5. The van der Waals surface area contributed by atoms with Crippen LogP contribution < -0.4 is 5.32 Å². The molecule has 114 valence electrons. The van der Waals surface area contributed by atoms with Crippen LogP contribution >= 0.6 is 0 Å². The lowest BCUT2D eigenvalue weighted by atomic mass is 9.92. The second kappa shape index (κ2) is 9.66. The Bertz CT molecular complexity index is 347. The van der Waals surface area contributed by atoms with Crippen molar-refractivity contribution >= 4 is 11.5 Å². The summed E-state index contributed by atoms with van der Waals surface area (Å²) in [7, 11) is 1.53. The number of hydrogen-bond donors (Lipinski definition) is 3. The average Bonchev–Trinajstić information content (AvgIpc) is 2.44. The number of nitrogens with one attached hydrogen (secondary N) is 2. The third-order valence-corrected chi connectivity index (χ3v) is 3.62. The lowest BCUT2D eigenvalue weighted by Gasteiger charge is -2.22. The molecule has 5 heteroatoms. The van der Waals surface area contributed by atoms with E-state index in [4.69, 9.17) is 10.1 Å². The van der Waals surface area contributed by atoms with E-state index in [1.807, 2.05) is 0 Å². The Morgan fingerprint density at radius 2 is 2.10 bits per heavy atom. The monoisotopic (exact) mass is 281 g/mol. The number of aliphatic hydroxyl groups excluding tert-OH is 1. The van der Waals surface area contributed by atoms with Crippen molar-refractivity contribution in [2.45, 2.75) is 38.5 Å². The average molecular weight is 281 g/mol. The molecule has 0 saturated carbocycles. The predicted octanol–water partition coefficient (Wildman–Crippen LogP) is 2.68. The van der Waals surface area contributed by atoms with E-state index in [-0.39, 0.29) is 18.2 Å². The van der Waals surface area contributed by atoms with Gasteiger partial charge in [0.05, 0.1) is 6.61 Å². The Balaban J connectivity index is 2.21. The van der Waals surface area contributed by atoms with Gasteiger partial charge < -0.3 is 15.2 Å². The molecule has 5 nitrogen and oxygen atoms in total. The van der Waals surface area contributed by atoms with E-state index in [9.17, 15) is 5.11 Å². The lowest BCUT2D eigenvalue weighted by molar-refractivity contribution is 0.242. The van der Waals surface area contributed by atoms with E-state index in [0.29, 0.717) is 12.1 Å². The van der Waals surface area contributed by atoms with Crippen LogP contribution in [0.25, 0.3) is 0 Å². The zero-order chi connectivity index (χ0) is 14.8. The second-order valence-corrected chi connectivity index (χ2v) is 5.32. The molecule has 1 aliphatic heterocycles. The topological polar surface area (TPSA) is 77.7 Å². The highest BCUT2D eigenvalue weighted by Gasteiger charge is 2.12. The summed E-state index contributed by atoms with van der Waals surface area (Å²) in [6.45, 7) is 5.90. The fourth-order valence-corrected chi connectivity index (χ4v) is 2.43. The molecule has 0 aromatic carbocycles. The highest BCUT2D eigenvalue weighted by atomic mass is 16.5. The van der Waals surface area contributed by atoms with Crippen molar-refractivity contribution in [2.24, 2.45) is 10.9 Å². The number of amidine groups is 1. The van der Waals surface area contributed by atoms with E-state index in [1.165, 1.54) is 26.4 Å². The van der Waals surface area contributed by atoms with Crippen LogP contribution in [0.3, 0.4) is 0 Å². The molecular weight excluding hydrogens is 254 g/mol. The fourth-order valence-electron chi connectivity index (χ4n) is 2.43. The summed E-state index contributed by atoms with van der Waals surface area (Å²) in [5.41, 5.74) is 0.343. The third-order valence-electron chi connectivity index (χ3n) is 3.62. The minimum Gasteiger partial charge on any atom is -0.507 e. The van der Waals surface area contributed by atoms with Crippen molar-refractivity contribution in [3.05, 3.63) is 12.3 Å². The Morgan fingerprint density at radius 3 is 2.70 bits per heavy atom. The van der Waals surface area contributed by atoms with E-state index in [2.05, 4.69) is 16.9 Å². The highest BCUT2D eigenvalue weighted by Crippen LogP contribution is 2.19. The summed E-state index contributed by atoms with van der Waals surface area (Å²) in [5.74, 6) is 1.01. The standard InChI is InChI=1S/C15H27N3O2/c1-12(19)14(11-20-2)18-15(16)6-4-3-5-13-7-9-17-10-8-13/h13,16-17,19H,1,3-11H2,2H3/b16-15?,18-14-. The molecule has 0 spiro atoms. The van der Waals surface area contributed by atoms with Gasteiger partial charge in [-0.1, -0.05) is 19.4 Å². The smallest absolute Gasteiger partial charge is 0.132 e. The highest BCUT2D eigenvalue weighted by molar-refractivity contribution is 6.05. The molecule has 3 N–H and O–H groups in total. The number of aliphatic hydroxyl groups is 1. The van der Waals surface area contributed by atoms with Crippen molar-refractivity contribution in [1.82, 2.24) is 5.32 Å². The minimum atomic E-state index is -0.119. The van der Waals surface area contributed by atoms with Crippen LogP contribution in [0.15, 0.2) is 17.3 Å².